The van der Waals surface area contributed by atoms with E-state index < -0.39 is 0 Å². The lowest BCUT2D eigenvalue weighted by Gasteiger charge is -2.11. The zero-order valence-electron chi connectivity index (χ0n) is 15.7. The van der Waals surface area contributed by atoms with E-state index in [-0.39, 0.29) is 11.7 Å². The van der Waals surface area contributed by atoms with Crippen molar-refractivity contribution < 1.29 is 19.1 Å². The van der Waals surface area contributed by atoms with Gasteiger partial charge in [0.2, 0.25) is 0 Å². The van der Waals surface area contributed by atoms with Crippen molar-refractivity contribution in [2.24, 2.45) is 0 Å². The molecular formula is C21H23NO4. The van der Waals surface area contributed by atoms with Crippen LogP contribution in [0.2, 0.25) is 0 Å². The molecule has 0 unspecified atom stereocenters. The Kier molecular flexibility index (Phi) is 6.17. The van der Waals surface area contributed by atoms with Gasteiger partial charge in [-0.25, -0.2) is 0 Å². The summed E-state index contributed by atoms with van der Waals surface area (Å²) in [5, 5.41) is 0. The number of ether oxygens (including phenoxy) is 2. The molecular weight excluding hydrogens is 330 g/mol. The summed E-state index contributed by atoms with van der Waals surface area (Å²) in [6.45, 7) is 1.93. The summed E-state index contributed by atoms with van der Waals surface area (Å²) in [6, 6.07) is 10.3. The molecule has 26 heavy (non-hydrogen) atoms. The number of ketones is 1. The largest absolute Gasteiger partial charge is 0.496 e. The van der Waals surface area contributed by atoms with Crippen LogP contribution >= 0.6 is 0 Å². The Morgan fingerprint density at radius 3 is 2.04 bits per heavy atom. The van der Waals surface area contributed by atoms with Crippen molar-refractivity contribution in [2.45, 2.75) is 6.92 Å². The van der Waals surface area contributed by atoms with Crippen molar-refractivity contribution >= 4 is 17.8 Å². The van der Waals surface area contributed by atoms with Crippen molar-refractivity contribution in [3.63, 3.8) is 0 Å². The number of amides is 1. The summed E-state index contributed by atoms with van der Waals surface area (Å²) in [4.78, 5) is 25.8. The van der Waals surface area contributed by atoms with Crippen LogP contribution in [0.15, 0.2) is 42.5 Å². The molecule has 1 amide bonds. The Balaban J connectivity index is 2.22. The summed E-state index contributed by atoms with van der Waals surface area (Å²) < 4.78 is 10.6. The predicted molar refractivity (Wildman–Crippen MR) is 102 cm³/mol. The number of rotatable bonds is 6. The molecule has 0 aliphatic heterocycles. The second-order valence-corrected chi connectivity index (χ2v) is 6.04. The van der Waals surface area contributed by atoms with Gasteiger partial charge < -0.3 is 14.4 Å². The van der Waals surface area contributed by atoms with E-state index in [1.165, 1.54) is 11.0 Å². The van der Waals surface area contributed by atoms with E-state index in [2.05, 4.69) is 0 Å². The first kappa shape index (κ1) is 19.2. The second kappa shape index (κ2) is 8.34. The molecule has 0 aliphatic carbocycles. The smallest absolute Gasteiger partial charge is 0.253 e. The molecule has 0 saturated carbocycles. The SMILES string of the molecule is COc1cc(OC)c(/C=C/C(=O)c2ccc(C(=O)N(C)C)cc2)cc1C. The molecule has 5 nitrogen and oxygen atoms in total. The number of hydrogen-bond donors (Lipinski definition) is 0. The summed E-state index contributed by atoms with van der Waals surface area (Å²) in [5.74, 6) is 1.11. The van der Waals surface area contributed by atoms with Gasteiger partial charge in [-0.15, -0.1) is 0 Å². The van der Waals surface area contributed by atoms with Gasteiger partial charge in [-0.3, -0.25) is 9.59 Å². The van der Waals surface area contributed by atoms with Gasteiger partial charge in [0.25, 0.3) is 5.91 Å². The molecule has 0 fully saturated rings. The number of methoxy groups -OCH3 is 2. The first-order valence-corrected chi connectivity index (χ1v) is 8.14. The van der Waals surface area contributed by atoms with Crippen LogP contribution in [0.1, 0.15) is 31.8 Å². The fourth-order valence-electron chi connectivity index (χ4n) is 2.52. The van der Waals surface area contributed by atoms with E-state index in [0.717, 1.165) is 16.9 Å². The first-order chi connectivity index (χ1) is 12.4. The minimum atomic E-state index is -0.149. The van der Waals surface area contributed by atoms with E-state index in [9.17, 15) is 9.59 Å². The Morgan fingerprint density at radius 2 is 1.50 bits per heavy atom. The van der Waals surface area contributed by atoms with Crippen LogP contribution in [0.5, 0.6) is 11.5 Å². The van der Waals surface area contributed by atoms with Crippen LogP contribution in [-0.2, 0) is 0 Å². The van der Waals surface area contributed by atoms with Gasteiger partial charge in [-0.1, -0.05) is 12.1 Å². The van der Waals surface area contributed by atoms with Gasteiger partial charge in [0.05, 0.1) is 14.2 Å². The number of aryl methyl sites for hydroxylation is 1. The number of carbonyl (C=O) groups excluding carboxylic acids is 2. The van der Waals surface area contributed by atoms with Gasteiger partial charge in [-0.2, -0.15) is 0 Å². The van der Waals surface area contributed by atoms with E-state index in [4.69, 9.17) is 9.47 Å². The topological polar surface area (TPSA) is 55.8 Å². The molecule has 0 saturated heterocycles. The molecule has 0 bridgehead atoms. The highest BCUT2D eigenvalue weighted by Crippen LogP contribution is 2.29. The summed E-state index contributed by atoms with van der Waals surface area (Å²) in [6.07, 6.45) is 3.21. The zero-order valence-corrected chi connectivity index (χ0v) is 15.7. The fourth-order valence-corrected chi connectivity index (χ4v) is 2.52. The van der Waals surface area contributed by atoms with Crippen molar-refractivity contribution in [1.82, 2.24) is 4.90 Å². The van der Waals surface area contributed by atoms with Crippen molar-refractivity contribution in [2.75, 3.05) is 28.3 Å². The third kappa shape index (κ3) is 4.30. The maximum atomic E-state index is 12.4. The molecule has 0 aliphatic rings. The van der Waals surface area contributed by atoms with Crippen LogP contribution in [-0.4, -0.2) is 44.9 Å². The lowest BCUT2D eigenvalue weighted by Crippen LogP contribution is -2.21. The normalized spacial score (nSPS) is 10.7. The highest BCUT2D eigenvalue weighted by molar-refractivity contribution is 6.07. The van der Waals surface area contributed by atoms with Crippen LogP contribution in [0.25, 0.3) is 6.08 Å². The number of carbonyl (C=O) groups is 2. The Bertz CT molecular complexity index is 836. The van der Waals surface area contributed by atoms with Gasteiger partial charge in [0, 0.05) is 36.9 Å². The van der Waals surface area contributed by atoms with Crippen molar-refractivity contribution in [1.29, 1.82) is 0 Å². The predicted octanol–water partition coefficient (Wildman–Crippen LogP) is 3.61. The average molecular weight is 353 g/mol. The Hall–Kier alpha value is -3.08. The third-order valence-corrected chi connectivity index (χ3v) is 3.98. The number of nitrogens with zero attached hydrogens (tertiary/aromatic N) is 1. The highest BCUT2D eigenvalue weighted by atomic mass is 16.5. The summed E-state index contributed by atoms with van der Waals surface area (Å²) in [5.41, 5.74) is 2.80. The van der Waals surface area contributed by atoms with Crippen LogP contribution in [0.3, 0.4) is 0 Å². The van der Waals surface area contributed by atoms with Crippen LogP contribution in [0.4, 0.5) is 0 Å². The van der Waals surface area contributed by atoms with Gasteiger partial charge in [-0.05, 0) is 42.8 Å². The lowest BCUT2D eigenvalue weighted by molar-refractivity contribution is 0.0827. The molecule has 136 valence electrons. The molecule has 0 atom stereocenters. The lowest BCUT2D eigenvalue weighted by atomic mass is 10.0. The molecule has 2 rings (SSSR count). The molecule has 0 radical (unpaired) electrons. The summed E-state index contributed by atoms with van der Waals surface area (Å²) >= 11 is 0. The highest BCUT2D eigenvalue weighted by Gasteiger charge is 2.10. The van der Waals surface area contributed by atoms with E-state index in [1.807, 2.05) is 13.0 Å². The van der Waals surface area contributed by atoms with Gasteiger partial charge in [0.1, 0.15) is 11.5 Å². The van der Waals surface area contributed by atoms with Crippen molar-refractivity contribution in [3.8, 4) is 11.5 Å². The Morgan fingerprint density at radius 1 is 0.923 bits per heavy atom. The molecule has 0 N–H and O–H groups in total. The number of benzene rings is 2. The second-order valence-electron chi connectivity index (χ2n) is 6.04. The average Bonchev–Trinajstić information content (AvgIpc) is 2.65. The minimum absolute atomic E-state index is 0.0991. The third-order valence-electron chi connectivity index (χ3n) is 3.98. The maximum absolute atomic E-state index is 12.4. The standard InChI is InChI=1S/C21H23NO4/c1-14-12-17(20(26-5)13-19(14)25-4)10-11-18(23)15-6-8-16(9-7-15)21(24)22(2)3/h6-13H,1-5H3/b11-10+. The van der Waals surface area contributed by atoms with Gasteiger partial charge in [0.15, 0.2) is 5.78 Å². The number of hydrogen-bond acceptors (Lipinski definition) is 4. The molecule has 0 aromatic heterocycles. The molecule has 5 heteroatoms. The van der Waals surface area contributed by atoms with E-state index in [1.54, 1.807) is 64.7 Å². The van der Waals surface area contributed by atoms with Crippen LogP contribution < -0.4 is 9.47 Å². The molecule has 2 aromatic rings. The molecule has 2 aromatic carbocycles. The first-order valence-electron chi connectivity index (χ1n) is 8.14. The zero-order chi connectivity index (χ0) is 19.3. The minimum Gasteiger partial charge on any atom is -0.496 e. The van der Waals surface area contributed by atoms with Crippen LogP contribution in [0, 0.1) is 6.92 Å². The van der Waals surface area contributed by atoms with E-state index in [0.29, 0.717) is 16.9 Å². The maximum Gasteiger partial charge on any atom is 0.253 e. The molecule has 0 heterocycles. The monoisotopic (exact) mass is 353 g/mol. The summed E-state index contributed by atoms with van der Waals surface area (Å²) in [7, 11) is 6.55. The van der Waals surface area contributed by atoms with Crippen molar-refractivity contribution in [3.05, 3.63) is 64.7 Å². The Labute approximate surface area is 153 Å². The quantitative estimate of drug-likeness (QED) is 0.588. The number of allylic oxidation sites excluding steroid dienone is 1. The van der Waals surface area contributed by atoms with E-state index >= 15 is 0 Å². The fraction of sp³-hybridized carbons (Fsp3) is 0.238. The molecule has 0 spiro atoms. The van der Waals surface area contributed by atoms with Gasteiger partial charge >= 0.3 is 0 Å².